The lowest BCUT2D eigenvalue weighted by Crippen LogP contribution is -2.20. The fourth-order valence-corrected chi connectivity index (χ4v) is 1.75. The number of anilines is 1. The Labute approximate surface area is 106 Å². The third kappa shape index (κ3) is 2.95. The van der Waals surface area contributed by atoms with E-state index in [1.165, 1.54) is 0 Å². The minimum absolute atomic E-state index is 0.0895. The molecule has 0 aliphatic carbocycles. The van der Waals surface area contributed by atoms with Crippen LogP contribution in [-0.4, -0.2) is 15.5 Å². The van der Waals surface area contributed by atoms with Crippen LogP contribution in [0.2, 0.25) is 0 Å². The molecule has 3 N–H and O–H groups in total. The fourth-order valence-electron chi connectivity index (χ4n) is 1.75. The number of aromatic nitrogens is 2. The first-order valence-electron chi connectivity index (χ1n) is 5.75. The number of carbonyl (C=O) groups is 1. The van der Waals surface area contributed by atoms with Crippen LogP contribution in [-0.2, 0) is 17.9 Å². The SMILES string of the molecule is Cc1cccc(NC(=O)Cn2ccnc2CN)c1. The summed E-state index contributed by atoms with van der Waals surface area (Å²) in [7, 11) is 0. The lowest BCUT2D eigenvalue weighted by Gasteiger charge is -2.08. The summed E-state index contributed by atoms with van der Waals surface area (Å²) >= 11 is 0. The standard InChI is InChI=1S/C13H16N4O/c1-10-3-2-4-11(7-10)16-13(18)9-17-6-5-15-12(17)8-14/h2-7H,8-9,14H2,1H3,(H,16,18). The Bertz CT molecular complexity index is 547. The monoisotopic (exact) mass is 244 g/mol. The number of carbonyl (C=O) groups excluding carboxylic acids is 1. The highest BCUT2D eigenvalue weighted by Gasteiger charge is 2.06. The van der Waals surface area contributed by atoms with E-state index in [0.29, 0.717) is 12.4 Å². The van der Waals surface area contributed by atoms with Gasteiger partial charge in [-0.2, -0.15) is 0 Å². The molecule has 0 radical (unpaired) electrons. The highest BCUT2D eigenvalue weighted by atomic mass is 16.1. The Morgan fingerprint density at radius 1 is 1.50 bits per heavy atom. The summed E-state index contributed by atoms with van der Waals surface area (Å²) in [6, 6.07) is 7.68. The number of imidazole rings is 1. The third-order valence-corrected chi connectivity index (χ3v) is 2.60. The van der Waals surface area contributed by atoms with Gasteiger partial charge in [0.1, 0.15) is 12.4 Å². The maximum Gasteiger partial charge on any atom is 0.244 e. The van der Waals surface area contributed by atoms with Crippen molar-refractivity contribution in [3.05, 3.63) is 48.0 Å². The zero-order chi connectivity index (χ0) is 13.0. The van der Waals surface area contributed by atoms with Crippen LogP contribution in [0.3, 0.4) is 0 Å². The van der Waals surface area contributed by atoms with Gasteiger partial charge in [-0.1, -0.05) is 12.1 Å². The van der Waals surface area contributed by atoms with E-state index < -0.39 is 0 Å². The number of nitrogens with zero attached hydrogens (tertiary/aromatic N) is 2. The number of hydrogen-bond donors (Lipinski definition) is 2. The Balaban J connectivity index is 2.01. The van der Waals surface area contributed by atoms with Crippen LogP contribution in [0.5, 0.6) is 0 Å². The molecule has 0 unspecified atom stereocenters. The lowest BCUT2D eigenvalue weighted by atomic mass is 10.2. The van der Waals surface area contributed by atoms with Gasteiger partial charge in [-0.15, -0.1) is 0 Å². The molecule has 0 saturated heterocycles. The van der Waals surface area contributed by atoms with Crippen LogP contribution in [0.25, 0.3) is 0 Å². The average molecular weight is 244 g/mol. The second-order valence-electron chi connectivity index (χ2n) is 4.09. The van der Waals surface area contributed by atoms with Crippen molar-refractivity contribution in [2.75, 3.05) is 5.32 Å². The molecule has 1 aromatic carbocycles. The van der Waals surface area contributed by atoms with Crippen LogP contribution in [0.15, 0.2) is 36.7 Å². The number of benzene rings is 1. The van der Waals surface area contributed by atoms with Crippen molar-refractivity contribution in [2.45, 2.75) is 20.0 Å². The van der Waals surface area contributed by atoms with Crippen LogP contribution >= 0.6 is 0 Å². The fraction of sp³-hybridized carbons (Fsp3) is 0.231. The van der Waals surface area contributed by atoms with E-state index in [9.17, 15) is 4.79 Å². The normalized spacial score (nSPS) is 10.3. The Hall–Kier alpha value is -2.14. The van der Waals surface area contributed by atoms with Crippen molar-refractivity contribution < 1.29 is 4.79 Å². The zero-order valence-electron chi connectivity index (χ0n) is 10.3. The van der Waals surface area contributed by atoms with Gasteiger partial charge in [0.25, 0.3) is 0 Å². The minimum atomic E-state index is -0.0895. The third-order valence-electron chi connectivity index (χ3n) is 2.60. The molecular weight excluding hydrogens is 228 g/mol. The molecule has 94 valence electrons. The first-order chi connectivity index (χ1) is 8.69. The van der Waals surface area contributed by atoms with E-state index >= 15 is 0 Å². The van der Waals surface area contributed by atoms with E-state index in [4.69, 9.17) is 5.73 Å². The van der Waals surface area contributed by atoms with Crippen molar-refractivity contribution in [2.24, 2.45) is 5.73 Å². The van der Waals surface area contributed by atoms with Gasteiger partial charge in [0.05, 0.1) is 6.54 Å². The van der Waals surface area contributed by atoms with Crippen LogP contribution in [0.4, 0.5) is 5.69 Å². The maximum atomic E-state index is 11.9. The van der Waals surface area contributed by atoms with Gasteiger partial charge < -0.3 is 15.6 Å². The Kier molecular flexibility index (Phi) is 3.74. The topological polar surface area (TPSA) is 72.9 Å². The van der Waals surface area contributed by atoms with Gasteiger partial charge in [0.2, 0.25) is 5.91 Å². The van der Waals surface area contributed by atoms with E-state index in [0.717, 1.165) is 11.3 Å². The number of hydrogen-bond acceptors (Lipinski definition) is 3. The summed E-state index contributed by atoms with van der Waals surface area (Å²) in [4.78, 5) is 15.9. The van der Waals surface area contributed by atoms with Gasteiger partial charge >= 0.3 is 0 Å². The van der Waals surface area contributed by atoms with Gasteiger partial charge in [-0.05, 0) is 24.6 Å². The molecule has 5 heteroatoms. The van der Waals surface area contributed by atoms with Crippen molar-refractivity contribution in [3.63, 3.8) is 0 Å². The second-order valence-corrected chi connectivity index (χ2v) is 4.09. The molecule has 5 nitrogen and oxygen atoms in total. The van der Waals surface area contributed by atoms with E-state index in [1.807, 2.05) is 31.2 Å². The predicted molar refractivity (Wildman–Crippen MR) is 69.9 cm³/mol. The summed E-state index contributed by atoms with van der Waals surface area (Å²) in [6.07, 6.45) is 3.39. The molecule has 0 aliphatic heterocycles. The lowest BCUT2D eigenvalue weighted by molar-refractivity contribution is -0.116. The molecule has 0 spiro atoms. The maximum absolute atomic E-state index is 11.9. The summed E-state index contributed by atoms with van der Waals surface area (Å²) in [6.45, 7) is 2.53. The molecule has 0 fully saturated rings. The predicted octanol–water partition coefficient (Wildman–Crippen LogP) is 1.29. The second kappa shape index (κ2) is 5.46. The zero-order valence-corrected chi connectivity index (χ0v) is 10.3. The molecule has 1 amide bonds. The quantitative estimate of drug-likeness (QED) is 0.851. The highest BCUT2D eigenvalue weighted by molar-refractivity contribution is 5.90. The van der Waals surface area contributed by atoms with Crippen molar-refractivity contribution in [1.82, 2.24) is 9.55 Å². The highest BCUT2D eigenvalue weighted by Crippen LogP contribution is 2.09. The van der Waals surface area contributed by atoms with Crippen LogP contribution < -0.4 is 11.1 Å². The number of rotatable bonds is 4. The average Bonchev–Trinajstić information content (AvgIpc) is 2.76. The summed E-state index contributed by atoms with van der Waals surface area (Å²) < 4.78 is 1.74. The van der Waals surface area contributed by atoms with Gasteiger partial charge in [-0.25, -0.2) is 4.98 Å². The molecule has 1 aromatic heterocycles. The summed E-state index contributed by atoms with van der Waals surface area (Å²) in [5.41, 5.74) is 7.44. The van der Waals surface area contributed by atoms with Gasteiger partial charge in [-0.3, -0.25) is 4.79 Å². The number of aryl methyl sites for hydroxylation is 1. The van der Waals surface area contributed by atoms with Crippen LogP contribution in [0.1, 0.15) is 11.4 Å². The first-order valence-corrected chi connectivity index (χ1v) is 5.75. The largest absolute Gasteiger partial charge is 0.325 e. The first kappa shape index (κ1) is 12.3. The minimum Gasteiger partial charge on any atom is -0.325 e. The van der Waals surface area contributed by atoms with E-state index in [1.54, 1.807) is 17.0 Å². The molecular formula is C13H16N4O. The molecule has 0 atom stereocenters. The molecule has 1 heterocycles. The van der Waals surface area contributed by atoms with Gasteiger partial charge in [0.15, 0.2) is 0 Å². The Morgan fingerprint density at radius 3 is 3.06 bits per heavy atom. The molecule has 0 saturated carbocycles. The van der Waals surface area contributed by atoms with E-state index in [2.05, 4.69) is 10.3 Å². The molecule has 0 aliphatic rings. The smallest absolute Gasteiger partial charge is 0.244 e. The summed E-state index contributed by atoms with van der Waals surface area (Å²) in [5, 5.41) is 2.84. The van der Waals surface area contributed by atoms with Crippen molar-refractivity contribution >= 4 is 11.6 Å². The Morgan fingerprint density at radius 2 is 2.33 bits per heavy atom. The van der Waals surface area contributed by atoms with Crippen LogP contribution in [0, 0.1) is 6.92 Å². The number of nitrogens with one attached hydrogen (secondary N) is 1. The van der Waals surface area contributed by atoms with Crippen molar-refractivity contribution in [1.29, 1.82) is 0 Å². The van der Waals surface area contributed by atoms with Gasteiger partial charge in [0, 0.05) is 18.1 Å². The molecule has 2 aromatic rings. The number of nitrogens with two attached hydrogens (primary N) is 1. The van der Waals surface area contributed by atoms with Crippen molar-refractivity contribution in [3.8, 4) is 0 Å². The number of amides is 1. The molecule has 0 bridgehead atoms. The molecule has 2 rings (SSSR count). The summed E-state index contributed by atoms with van der Waals surface area (Å²) in [5.74, 6) is 0.614. The van der Waals surface area contributed by atoms with E-state index in [-0.39, 0.29) is 12.5 Å². The molecule has 18 heavy (non-hydrogen) atoms.